The van der Waals surface area contributed by atoms with Crippen LogP contribution in [-0.2, 0) is 29.1 Å². The van der Waals surface area contributed by atoms with Crippen LogP contribution in [0.1, 0.15) is 25.7 Å². The normalized spacial score (nSPS) is 26.8. The quantitative estimate of drug-likeness (QED) is 0.618. The number of rotatable bonds is 6. The first kappa shape index (κ1) is 22.9. The molecular weight excluding hydrogens is 434 g/mol. The molecule has 3 aliphatic heterocycles. The van der Waals surface area contributed by atoms with Crippen molar-refractivity contribution in [3.8, 4) is 0 Å². The standard InChI is InChI=1S/C22H29N3O6S/c1-2-20(26)24-21-13-16-7-10-25(14-19(16)31-21)32(28,29)18-5-3-17(4-6-18)23-22(27)15-8-11-30-12-9-15/h2-6,15-16,19,21H,1,7-14H2,(H,23,27)(H,24,26). The molecule has 3 atom stereocenters. The van der Waals surface area contributed by atoms with Crippen molar-refractivity contribution in [2.45, 2.75) is 42.9 Å². The van der Waals surface area contributed by atoms with Gasteiger partial charge in [0.25, 0.3) is 0 Å². The Labute approximate surface area is 188 Å². The molecule has 174 valence electrons. The number of anilines is 1. The van der Waals surface area contributed by atoms with Crippen LogP contribution in [0.2, 0.25) is 0 Å². The Morgan fingerprint density at radius 3 is 2.53 bits per heavy atom. The van der Waals surface area contributed by atoms with Crippen molar-refractivity contribution < 1.29 is 27.5 Å². The smallest absolute Gasteiger partial charge is 0.245 e. The van der Waals surface area contributed by atoms with Crippen LogP contribution in [-0.4, -0.2) is 63.2 Å². The third kappa shape index (κ3) is 5.03. The van der Waals surface area contributed by atoms with Gasteiger partial charge in [0.15, 0.2) is 0 Å². The Bertz CT molecular complexity index is 958. The van der Waals surface area contributed by atoms with Gasteiger partial charge in [-0.1, -0.05) is 6.58 Å². The highest BCUT2D eigenvalue weighted by Gasteiger charge is 2.42. The average Bonchev–Trinajstić information content (AvgIpc) is 3.21. The number of fused-ring (bicyclic) bond motifs is 1. The fourth-order valence-electron chi connectivity index (χ4n) is 4.49. The lowest BCUT2D eigenvalue weighted by Gasteiger charge is -2.33. The number of ether oxygens (including phenoxy) is 2. The molecular formula is C22H29N3O6S. The summed E-state index contributed by atoms with van der Waals surface area (Å²) in [6.07, 6.45) is 3.23. The number of hydrogen-bond acceptors (Lipinski definition) is 6. The maximum atomic E-state index is 13.1. The van der Waals surface area contributed by atoms with E-state index in [1.54, 1.807) is 12.1 Å². The summed E-state index contributed by atoms with van der Waals surface area (Å²) in [5.74, 6) is -0.246. The number of amides is 2. The van der Waals surface area contributed by atoms with Crippen molar-refractivity contribution in [2.75, 3.05) is 31.6 Å². The van der Waals surface area contributed by atoms with Gasteiger partial charge in [-0.05, 0) is 61.9 Å². The van der Waals surface area contributed by atoms with Crippen LogP contribution in [0.4, 0.5) is 5.69 Å². The van der Waals surface area contributed by atoms with E-state index in [4.69, 9.17) is 9.47 Å². The summed E-state index contributed by atoms with van der Waals surface area (Å²) in [6.45, 7) is 5.24. The minimum Gasteiger partial charge on any atom is -0.381 e. The predicted octanol–water partition coefficient (Wildman–Crippen LogP) is 1.48. The molecule has 0 aliphatic carbocycles. The van der Waals surface area contributed by atoms with Gasteiger partial charge in [-0.15, -0.1) is 0 Å². The molecule has 3 heterocycles. The fraction of sp³-hybridized carbons (Fsp3) is 0.545. The average molecular weight is 464 g/mol. The molecule has 3 fully saturated rings. The van der Waals surface area contributed by atoms with E-state index in [0.717, 1.165) is 0 Å². The second-order valence-electron chi connectivity index (χ2n) is 8.42. The van der Waals surface area contributed by atoms with Gasteiger partial charge in [0, 0.05) is 37.9 Å². The van der Waals surface area contributed by atoms with E-state index in [-0.39, 0.29) is 41.2 Å². The molecule has 0 saturated carbocycles. The highest BCUT2D eigenvalue weighted by atomic mass is 32.2. The summed E-state index contributed by atoms with van der Waals surface area (Å²) in [5.41, 5.74) is 0.569. The highest BCUT2D eigenvalue weighted by Crippen LogP contribution is 2.34. The summed E-state index contributed by atoms with van der Waals surface area (Å²) in [7, 11) is -3.69. The largest absolute Gasteiger partial charge is 0.381 e. The van der Waals surface area contributed by atoms with Gasteiger partial charge in [0.1, 0.15) is 6.23 Å². The minimum atomic E-state index is -3.69. The van der Waals surface area contributed by atoms with Gasteiger partial charge in [-0.2, -0.15) is 4.31 Å². The van der Waals surface area contributed by atoms with Crippen molar-refractivity contribution in [3.05, 3.63) is 36.9 Å². The molecule has 32 heavy (non-hydrogen) atoms. The number of nitrogens with zero attached hydrogens (tertiary/aromatic N) is 1. The molecule has 10 heteroatoms. The zero-order valence-corrected chi connectivity index (χ0v) is 18.7. The molecule has 1 aromatic carbocycles. The van der Waals surface area contributed by atoms with E-state index >= 15 is 0 Å². The van der Waals surface area contributed by atoms with Crippen molar-refractivity contribution in [1.82, 2.24) is 9.62 Å². The van der Waals surface area contributed by atoms with Crippen LogP contribution in [0.15, 0.2) is 41.8 Å². The minimum absolute atomic E-state index is 0.0672. The number of carbonyl (C=O) groups is 2. The molecule has 0 aromatic heterocycles. The first-order valence-corrected chi connectivity index (χ1v) is 12.4. The molecule has 0 bridgehead atoms. The Balaban J connectivity index is 1.36. The number of sulfonamides is 1. The van der Waals surface area contributed by atoms with Gasteiger partial charge in [0.2, 0.25) is 21.8 Å². The van der Waals surface area contributed by atoms with Gasteiger partial charge >= 0.3 is 0 Å². The fourth-order valence-corrected chi connectivity index (χ4v) is 5.96. The number of carbonyl (C=O) groups excluding carboxylic acids is 2. The topological polar surface area (TPSA) is 114 Å². The highest BCUT2D eigenvalue weighted by molar-refractivity contribution is 7.89. The summed E-state index contributed by atoms with van der Waals surface area (Å²) < 4.78 is 38.9. The van der Waals surface area contributed by atoms with Crippen LogP contribution in [0.3, 0.4) is 0 Å². The Morgan fingerprint density at radius 2 is 1.84 bits per heavy atom. The molecule has 2 amide bonds. The van der Waals surface area contributed by atoms with Crippen molar-refractivity contribution in [1.29, 1.82) is 0 Å². The second kappa shape index (κ2) is 9.70. The molecule has 0 radical (unpaired) electrons. The molecule has 1 aromatic rings. The summed E-state index contributed by atoms with van der Waals surface area (Å²) in [5, 5.41) is 5.59. The van der Waals surface area contributed by atoms with E-state index in [0.29, 0.717) is 51.1 Å². The van der Waals surface area contributed by atoms with E-state index in [2.05, 4.69) is 17.2 Å². The third-order valence-electron chi connectivity index (χ3n) is 6.35. The second-order valence-corrected chi connectivity index (χ2v) is 10.4. The van der Waals surface area contributed by atoms with E-state index in [1.165, 1.54) is 22.5 Å². The monoisotopic (exact) mass is 463 g/mol. The predicted molar refractivity (Wildman–Crippen MR) is 117 cm³/mol. The SMILES string of the molecule is C=CC(=O)NC1CC2CCN(S(=O)(=O)c3ccc(NC(=O)C4CCOCC4)cc3)CC2O1. The molecule has 3 aliphatic rings. The first-order chi connectivity index (χ1) is 15.4. The van der Waals surface area contributed by atoms with Crippen LogP contribution in [0.25, 0.3) is 0 Å². The third-order valence-corrected chi connectivity index (χ3v) is 8.23. The number of benzene rings is 1. The van der Waals surface area contributed by atoms with Crippen molar-refractivity contribution in [2.24, 2.45) is 11.8 Å². The Kier molecular flexibility index (Phi) is 6.94. The molecule has 9 nitrogen and oxygen atoms in total. The number of piperidine rings is 1. The lowest BCUT2D eigenvalue weighted by Crippen LogP contribution is -2.45. The molecule has 3 unspecified atom stereocenters. The summed E-state index contributed by atoms with van der Waals surface area (Å²) in [4.78, 5) is 24.1. The van der Waals surface area contributed by atoms with Gasteiger partial charge in [0.05, 0.1) is 11.0 Å². The van der Waals surface area contributed by atoms with E-state index in [9.17, 15) is 18.0 Å². The van der Waals surface area contributed by atoms with Crippen molar-refractivity contribution in [3.63, 3.8) is 0 Å². The Morgan fingerprint density at radius 1 is 1.12 bits per heavy atom. The van der Waals surface area contributed by atoms with Crippen LogP contribution in [0, 0.1) is 11.8 Å². The van der Waals surface area contributed by atoms with Crippen LogP contribution < -0.4 is 10.6 Å². The molecule has 2 N–H and O–H groups in total. The maximum Gasteiger partial charge on any atom is 0.245 e. The summed E-state index contributed by atoms with van der Waals surface area (Å²) >= 11 is 0. The van der Waals surface area contributed by atoms with Gasteiger partial charge in [-0.25, -0.2) is 8.42 Å². The molecule has 0 spiro atoms. The zero-order chi connectivity index (χ0) is 22.7. The van der Waals surface area contributed by atoms with Crippen molar-refractivity contribution >= 4 is 27.5 Å². The molecule has 3 saturated heterocycles. The van der Waals surface area contributed by atoms with Gasteiger partial charge < -0.3 is 20.1 Å². The number of nitrogens with one attached hydrogen (secondary N) is 2. The molecule has 4 rings (SSSR count). The summed E-state index contributed by atoms with van der Waals surface area (Å²) in [6, 6.07) is 6.26. The first-order valence-electron chi connectivity index (χ1n) is 10.9. The zero-order valence-electron chi connectivity index (χ0n) is 17.9. The lowest BCUT2D eigenvalue weighted by atomic mass is 9.94. The number of hydrogen-bond donors (Lipinski definition) is 2. The van der Waals surface area contributed by atoms with Crippen LogP contribution >= 0.6 is 0 Å². The van der Waals surface area contributed by atoms with Crippen LogP contribution in [0.5, 0.6) is 0 Å². The lowest BCUT2D eigenvalue weighted by molar-refractivity contribution is -0.122. The maximum absolute atomic E-state index is 13.1. The van der Waals surface area contributed by atoms with E-state index < -0.39 is 16.3 Å². The van der Waals surface area contributed by atoms with Gasteiger partial charge in [-0.3, -0.25) is 9.59 Å². The Hall–Kier alpha value is -2.27. The van der Waals surface area contributed by atoms with E-state index in [1.807, 2.05) is 0 Å².